The van der Waals surface area contributed by atoms with Crippen molar-refractivity contribution in [2.45, 2.75) is 39.2 Å². The summed E-state index contributed by atoms with van der Waals surface area (Å²) in [6.07, 6.45) is 1.77. The molecule has 0 spiro atoms. The Kier molecular flexibility index (Phi) is 4.65. The molecule has 0 aliphatic carbocycles. The van der Waals surface area contributed by atoms with Crippen molar-refractivity contribution in [3.63, 3.8) is 0 Å². The van der Waals surface area contributed by atoms with E-state index in [4.69, 9.17) is 16.3 Å². The summed E-state index contributed by atoms with van der Waals surface area (Å²) in [5.41, 5.74) is 1.59. The Morgan fingerprint density at radius 1 is 1.50 bits per heavy atom. The summed E-state index contributed by atoms with van der Waals surface area (Å²) in [4.78, 5) is 25.7. The van der Waals surface area contributed by atoms with E-state index in [-0.39, 0.29) is 11.9 Å². The van der Waals surface area contributed by atoms with Gasteiger partial charge in [-0.2, -0.15) is 0 Å². The number of benzene rings is 1. The molecule has 0 radical (unpaired) electrons. The highest BCUT2D eigenvalue weighted by molar-refractivity contribution is 6.31. The van der Waals surface area contributed by atoms with Gasteiger partial charge in [-0.3, -0.25) is 9.69 Å². The number of rotatable bonds is 3. The molecule has 5 heteroatoms. The number of hydrogen-bond acceptors (Lipinski definition) is 3. The molecule has 4 nitrogen and oxygen atoms in total. The fourth-order valence-corrected chi connectivity index (χ4v) is 2.56. The molecule has 1 saturated heterocycles. The van der Waals surface area contributed by atoms with E-state index < -0.39 is 6.04 Å². The fourth-order valence-electron chi connectivity index (χ4n) is 2.39. The van der Waals surface area contributed by atoms with Crippen LogP contribution in [-0.4, -0.2) is 24.5 Å². The Labute approximate surface area is 123 Å². The van der Waals surface area contributed by atoms with E-state index >= 15 is 0 Å². The Bertz CT molecular complexity index is 530. The highest BCUT2D eigenvalue weighted by Gasteiger charge is 2.35. The second-order valence-corrected chi connectivity index (χ2v) is 5.26. The molecule has 0 bridgehead atoms. The predicted octanol–water partition coefficient (Wildman–Crippen LogP) is 3.10. The molecular formula is C15H18ClNO3. The number of carbonyl (C=O) groups excluding carboxylic acids is 2. The summed E-state index contributed by atoms with van der Waals surface area (Å²) < 4.78 is 5.07. The molecule has 1 aliphatic rings. The van der Waals surface area contributed by atoms with Crippen LogP contribution in [0.3, 0.4) is 0 Å². The first kappa shape index (κ1) is 14.9. The van der Waals surface area contributed by atoms with Crippen LogP contribution in [0.25, 0.3) is 0 Å². The van der Waals surface area contributed by atoms with E-state index in [1.807, 2.05) is 19.1 Å². The number of amides is 1. The second-order valence-electron chi connectivity index (χ2n) is 4.86. The van der Waals surface area contributed by atoms with Crippen molar-refractivity contribution in [3.05, 3.63) is 28.8 Å². The number of ether oxygens (including phenoxy) is 1. The monoisotopic (exact) mass is 295 g/mol. The Balaban J connectivity index is 2.34. The average Bonchev–Trinajstić information content (AvgIpc) is 2.42. The van der Waals surface area contributed by atoms with Gasteiger partial charge in [0, 0.05) is 17.1 Å². The number of nitrogens with zero attached hydrogens (tertiary/aromatic N) is 1. The molecule has 0 aromatic heterocycles. The van der Waals surface area contributed by atoms with Crippen LogP contribution in [0.4, 0.5) is 5.69 Å². The van der Waals surface area contributed by atoms with Crippen LogP contribution in [0.2, 0.25) is 5.02 Å². The third-order valence-corrected chi connectivity index (χ3v) is 3.85. The van der Waals surface area contributed by atoms with Gasteiger partial charge in [-0.15, -0.1) is 0 Å². The summed E-state index contributed by atoms with van der Waals surface area (Å²) in [6, 6.07) is 4.85. The van der Waals surface area contributed by atoms with Crippen LogP contribution < -0.4 is 4.90 Å². The van der Waals surface area contributed by atoms with Crippen molar-refractivity contribution in [1.29, 1.82) is 0 Å². The molecular weight excluding hydrogens is 278 g/mol. The number of anilines is 1. The molecule has 0 N–H and O–H groups in total. The SMILES string of the molecule is CCOC(=O)C1CCCC(=O)N1c1ccc(C)c(Cl)c1. The molecule has 1 heterocycles. The van der Waals surface area contributed by atoms with Crippen molar-refractivity contribution in [2.75, 3.05) is 11.5 Å². The van der Waals surface area contributed by atoms with Crippen molar-refractivity contribution < 1.29 is 14.3 Å². The number of piperidine rings is 1. The first-order valence-electron chi connectivity index (χ1n) is 6.79. The third kappa shape index (κ3) is 2.96. The fraction of sp³-hybridized carbons (Fsp3) is 0.467. The Morgan fingerprint density at radius 3 is 2.90 bits per heavy atom. The van der Waals surface area contributed by atoms with E-state index in [2.05, 4.69) is 0 Å². The largest absolute Gasteiger partial charge is 0.464 e. The minimum atomic E-state index is -0.546. The Morgan fingerprint density at radius 2 is 2.25 bits per heavy atom. The van der Waals surface area contributed by atoms with E-state index in [1.165, 1.54) is 4.90 Å². The molecule has 20 heavy (non-hydrogen) atoms. The van der Waals surface area contributed by atoms with Crippen molar-refractivity contribution in [3.8, 4) is 0 Å². The zero-order valence-electron chi connectivity index (χ0n) is 11.7. The van der Waals surface area contributed by atoms with Crippen LogP contribution in [-0.2, 0) is 14.3 Å². The average molecular weight is 296 g/mol. The summed E-state index contributed by atoms with van der Waals surface area (Å²) in [7, 11) is 0. The number of halogens is 1. The molecule has 0 saturated carbocycles. The smallest absolute Gasteiger partial charge is 0.329 e. The van der Waals surface area contributed by atoms with Crippen molar-refractivity contribution in [1.82, 2.24) is 0 Å². The van der Waals surface area contributed by atoms with Gasteiger partial charge in [0.25, 0.3) is 0 Å². The number of carbonyl (C=O) groups is 2. The molecule has 1 aliphatic heterocycles. The van der Waals surface area contributed by atoms with E-state index in [0.29, 0.717) is 36.6 Å². The first-order valence-corrected chi connectivity index (χ1v) is 7.17. The lowest BCUT2D eigenvalue weighted by Crippen LogP contribution is -2.49. The van der Waals surface area contributed by atoms with Crippen LogP contribution in [0, 0.1) is 6.92 Å². The molecule has 1 aromatic carbocycles. The maximum atomic E-state index is 12.2. The van der Waals surface area contributed by atoms with Crippen LogP contribution in [0.5, 0.6) is 0 Å². The molecule has 1 aromatic rings. The van der Waals surface area contributed by atoms with Crippen LogP contribution in [0.1, 0.15) is 31.7 Å². The van der Waals surface area contributed by atoms with Crippen molar-refractivity contribution in [2.24, 2.45) is 0 Å². The topological polar surface area (TPSA) is 46.6 Å². The Hall–Kier alpha value is -1.55. The van der Waals surface area contributed by atoms with Gasteiger partial charge < -0.3 is 4.74 Å². The molecule has 1 atom stereocenters. The molecule has 2 rings (SSSR count). The van der Waals surface area contributed by atoms with Crippen LogP contribution >= 0.6 is 11.6 Å². The lowest BCUT2D eigenvalue weighted by atomic mass is 10.00. The normalized spacial score (nSPS) is 19.1. The van der Waals surface area contributed by atoms with E-state index in [9.17, 15) is 9.59 Å². The zero-order chi connectivity index (χ0) is 14.7. The highest BCUT2D eigenvalue weighted by Crippen LogP contribution is 2.29. The maximum absolute atomic E-state index is 12.2. The lowest BCUT2D eigenvalue weighted by molar-refractivity contribution is -0.146. The van der Waals surface area contributed by atoms with Gasteiger partial charge in [0.15, 0.2) is 0 Å². The number of hydrogen-bond donors (Lipinski definition) is 0. The van der Waals surface area contributed by atoms with Gasteiger partial charge in [-0.05, 0) is 44.4 Å². The second kappa shape index (κ2) is 6.27. The van der Waals surface area contributed by atoms with E-state index in [0.717, 1.165) is 5.56 Å². The van der Waals surface area contributed by atoms with Gasteiger partial charge in [0.2, 0.25) is 5.91 Å². The molecule has 1 fully saturated rings. The van der Waals surface area contributed by atoms with Crippen molar-refractivity contribution >= 4 is 29.2 Å². The minimum Gasteiger partial charge on any atom is -0.464 e. The van der Waals surface area contributed by atoms with E-state index in [1.54, 1.807) is 13.0 Å². The standard InChI is InChI=1S/C15H18ClNO3/c1-3-20-15(19)13-5-4-6-14(18)17(13)11-8-7-10(2)12(16)9-11/h7-9,13H,3-6H2,1-2H3. The number of esters is 1. The molecule has 1 amide bonds. The number of aryl methyl sites for hydroxylation is 1. The first-order chi connectivity index (χ1) is 9.54. The summed E-state index contributed by atoms with van der Waals surface area (Å²) in [5.74, 6) is -0.411. The molecule has 108 valence electrons. The third-order valence-electron chi connectivity index (χ3n) is 3.44. The molecule has 1 unspecified atom stereocenters. The van der Waals surface area contributed by atoms with Gasteiger partial charge >= 0.3 is 5.97 Å². The maximum Gasteiger partial charge on any atom is 0.329 e. The summed E-state index contributed by atoms with van der Waals surface area (Å²) in [5, 5.41) is 0.587. The van der Waals surface area contributed by atoms with Gasteiger partial charge in [0.05, 0.1) is 6.61 Å². The highest BCUT2D eigenvalue weighted by atomic mass is 35.5. The lowest BCUT2D eigenvalue weighted by Gasteiger charge is -2.34. The quantitative estimate of drug-likeness (QED) is 0.805. The van der Waals surface area contributed by atoms with Gasteiger partial charge in [0.1, 0.15) is 6.04 Å². The zero-order valence-corrected chi connectivity index (χ0v) is 12.4. The minimum absolute atomic E-state index is 0.0609. The van der Waals surface area contributed by atoms with Gasteiger partial charge in [-0.25, -0.2) is 4.79 Å². The predicted molar refractivity (Wildman–Crippen MR) is 77.9 cm³/mol. The summed E-state index contributed by atoms with van der Waals surface area (Å²) in [6.45, 7) is 3.97. The van der Waals surface area contributed by atoms with Crippen LogP contribution in [0.15, 0.2) is 18.2 Å². The van der Waals surface area contributed by atoms with Gasteiger partial charge in [-0.1, -0.05) is 17.7 Å². The summed E-state index contributed by atoms with van der Waals surface area (Å²) >= 11 is 6.12.